The van der Waals surface area contributed by atoms with Gasteiger partial charge in [0.05, 0.1) is 16.1 Å². The molecule has 1 heterocycles. The number of hydrogen-bond acceptors (Lipinski definition) is 5. The molecule has 4 saturated carbocycles. The summed E-state index contributed by atoms with van der Waals surface area (Å²) in [7, 11) is 0. The fourth-order valence-electron chi connectivity index (χ4n) is 6.45. The number of carbonyl (C=O) groups is 2. The topological polar surface area (TPSA) is 68.3 Å². The van der Waals surface area contributed by atoms with Gasteiger partial charge in [-0.3, -0.25) is 9.59 Å². The predicted molar refractivity (Wildman–Crippen MR) is 116 cm³/mol. The Balaban J connectivity index is 1.29. The first kappa shape index (κ1) is 20.0. The molecular weight excluding hydrogens is 420 g/mol. The fourth-order valence-corrected chi connectivity index (χ4v) is 7.57. The maximum Gasteiger partial charge on any atom is 0.312 e. The van der Waals surface area contributed by atoms with E-state index in [1.54, 1.807) is 6.92 Å². The molecule has 1 amide bonds. The Morgan fingerprint density at radius 3 is 2.67 bits per heavy atom. The number of aromatic nitrogens is 1. The van der Waals surface area contributed by atoms with Gasteiger partial charge < -0.3 is 10.1 Å². The smallest absolute Gasteiger partial charge is 0.312 e. The average Bonchev–Trinajstić information content (AvgIpc) is 3.13. The minimum atomic E-state index is -0.464. The third kappa shape index (κ3) is 3.54. The van der Waals surface area contributed by atoms with Crippen molar-refractivity contribution in [2.75, 3.05) is 0 Å². The molecule has 1 N–H and O–H groups in total. The SMILES string of the molecule is CC(=O)NC12CC3CC(C1)CC(C(=O)OCc1csc(-c4ccccc4Cl)n1)(C3)C2. The Labute approximate surface area is 185 Å². The van der Waals surface area contributed by atoms with Crippen LogP contribution >= 0.6 is 22.9 Å². The number of carbonyl (C=O) groups excluding carboxylic acids is 2. The van der Waals surface area contributed by atoms with Crippen LogP contribution in [0.3, 0.4) is 0 Å². The summed E-state index contributed by atoms with van der Waals surface area (Å²) >= 11 is 7.77. The lowest BCUT2D eigenvalue weighted by atomic mass is 9.47. The van der Waals surface area contributed by atoms with Crippen molar-refractivity contribution in [3.8, 4) is 10.6 Å². The minimum Gasteiger partial charge on any atom is -0.459 e. The van der Waals surface area contributed by atoms with E-state index in [9.17, 15) is 9.59 Å². The number of amides is 1. The summed E-state index contributed by atoms with van der Waals surface area (Å²) < 4.78 is 5.80. The summed E-state index contributed by atoms with van der Waals surface area (Å²) in [6.07, 6.45) is 5.62. The standard InChI is InChI=1S/C23H25ClN2O3S/c1-14(27)26-23-9-15-6-16(10-23)8-22(7-15,13-23)21(28)29-11-17-12-30-20(25-17)18-4-2-3-5-19(18)24/h2-5,12,15-16H,6-11,13H2,1H3,(H,26,27). The molecule has 0 aliphatic heterocycles. The second-order valence-electron chi connectivity index (χ2n) is 9.40. The van der Waals surface area contributed by atoms with E-state index in [2.05, 4.69) is 10.3 Å². The van der Waals surface area contributed by atoms with E-state index in [0.29, 0.717) is 23.3 Å². The summed E-state index contributed by atoms with van der Waals surface area (Å²) in [6.45, 7) is 1.74. The Morgan fingerprint density at radius 2 is 1.97 bits per heavy atom. The van der Waals surface area contributed by atoms with Crippen molar-refractivity contribution < 1.29 is 14.3 Å². The maximum absolute atomic E-state index is 13.2. The molecular formula is C23H25ClN2O3S. The van der Waals surface area contributed by atoms with Gasteiger partial charge in [-0.05, 0) is 56.4 Å². The maximum atomic E-state index is 13.2. The number of esters is 1. The van der Waals surface area contributed by atoms with Gasteiger partial charge in [0.1, 0.15) is 11.6 Å². The van der Waals surface area contributed by atoms with Crippen LogP contribution in [0.5, 0.6) is 0 Å². The molecule has 4 fully saturated rings. The van der Waals surface area contributed by atoms with Crippen LogP contribution in [0.4, 0.5) is 0 Å². The third-order valence-corrected chi connectivity index (χ3v) is 8.20. The molecule has 4 aliphatic carbocycles. The van der Waals surface area contributed by atoms with E-state index in [4.69, 9.17) is 16.3 Å². The lowest BCUT2D eigenvalue weighted by Crippen LogP contribution is -2.64. The van der Waals surface area contributed by atoms with E-state index in [1.165, 1.54) is 17.8 Å². The summed E-state index contributed by atoms with van der Waals surface area (Å²) in [5.74, 6) is 0.863. The number of halogens is 1. The molecule has 2 atom stereocenters. The van der Waals surface area contributed by atoms with E-state index in [-0.39, 0.29) is 24.0 Å². The second kappa shape index (κ2) is 7.34. The van der Waals surface area contributed by atoms with Crippen LogP contribution in [0.25, 0.3) is 10.6 Å². The van der Waals surface area contributed by atoms with Gasteiger partial charge in [0, 0.05) is 23.4 Å². The zero-order valence-corrected chi connectivity index (χ0v) is 18.5. The van der Waals surface area contributed by atoms with Crippen LogP contribution in [-0.4, -0.2) is 22.4 Å². The van der Waals surface area contributed by atoms with E-state index < -0.39 is 5.41 Å². The number of hydrogen-bond donors (Lipinski definition) is 1. The molecule has 1 aromatic carbocycles. The Morgan fingerprint density at radius 1 is 1.23 bits per heavy atom. The molecule has 30 heavy (non-hydrogen) atoms. The van der Waals surface area contributed by atoms with Crippen molar-refractivity contribution in [1.82, 2.24) is 10.3 Å². The number of thiazole rings is 1. The fraction of sp³-hybridized carbons (Fsp3) is 0.522. The van der Waals surface area contributed by atoms with Gasteiger partial charge in [-0.25, -0.2) is 4.98 Å². The molecule has 6 rings (SSSR count). The van der Waals surface area contributed by atoms with Crippen molar-refractivity contribution >= 4 is 34.8 Å². The van der Waals surface area contributed by atoms with Crippen LogP contribution in [0.1, 0.15) is 51.1 Å². The molecule has 4 aliphatic rings. The number of nitrogens with one attached hydrogen (secondary N) is 1. The van der Waals surface area contributed by atoms with Crippen LogP contribution in [0.15, 0.2) is 29.6 Å². The van der Waals surface area contributed by atoms with Gasteiger partial charge in [0.2, 0.25) is 5.91 Å². The monoisotopic (exact) mass is 444 g/mol. The largest absolute Gasteiger partial charge is 0.459 e. The van der Waals surface area contributed by atoms with Crippen LogP contribution in [0.2, 0.25) is 5.02 Å². The van der Waals surface area contributed by atoms with E-state index in [0.717, 1.165) is 41.9 Å². The molecule has 1 aromatic heterocycles. The lowest BCUT2D eigenvalue weighted by molar-refractivity contribution is -0.177. The molecule has 2 aromatic rings. The van der Waals surface area contributed by atoms with Gasteiger partial charge in [0.15, 0.2) is 0 Å². The quantitative estimate of drug-likeness (QED) is 0.660. The highest BCUT2D eigenvalue weighted by Gasteiger charge is 2.61. The minimum absolute atomic E-state index is 0.00459. The van der Waals surface area contributed by atoms with Crippen LogP contribution in [-0.2, 0) is 20.9 Å². The molecule has 7 heteroatoms. The van der Waals surface area contributed by atoms with Gasteiger partial charge in [-0.1, -0.05) is 29.8 Å². The molecule has 4 bridgehead atoms. The predicted octanol–water partition coefficient (Wildman–Crippen LogP) is 4.98. The molecule has 0 radical (unpaired) electrons. The number of nitrogens with zero attached hydrogens (tertiary/aromatic N) is 1. The first-order valence-corrected chi connectivity index (χ1v) is 11.8. The zero-order valence-electron chi connectivity index (χ0n) is 16.9. The van der Waals surface area contributed by atoms with Gasteiger partial charge in [-0.15, -0.1) is 11.3 Å². The Hall–Kier alpha value is -1.92. The Kier molecular flexibility index (Phi) is 4.90. The molecule has 0 spiro atoms. The van der Waals surface area contributed by atoms with Gasteiger partial charge in [-0.2, -0.15) is 0 Å². The molecule has 158 valence electrons. The Bertz CT molecular complexity index is 990. The highest BCUT2D eigenvalue weighted by molar-refractivity contribution is 7.13. The third-order valence-electron chi connectivity index (χ3n) is 6.94. The average molecular weight is 445 g/mol. The van der Waals surface area contributed by atoms with Crippen molar-refractivity contribution in [1.29, 1.82) is 0 Å². The van der Waals surface area contributed by atoms with Gasteiger partial charge in [0.25, 0.3) is 0 Å². The summed E-state index contributed by atoms with van der Waals surface area (Å²) in [5.41, 5.74) is 0.936. The number of ether oxygens (including phenoxy) is 1. The first-order chi connectivity index (χ1) is 14.4. The van der Waals surface area contributed by atoms with Crippen molar-refractivity contribution in [2.45, 2.75) is 57.6 Å². The van der Waals surface area contributed by atoms with E-state index in [1.807, 2.05) is 29.6 Å². The molecule has 5 nitrogen and oxygen atoms in total. The molecule has 0 saturated heterocycles. The van der Waals surface area contributed by atoms with Crippen molar-refractivity contribution in [3.05, 3.63) is 40.4 Å². The summed E-state index contributed by atoms with van der Waals surface area (Å²) in [4.78, 5) is 29.7. The molecule has 2 unspecified atom stereocenters. The second-order valence-corrected chi connectivity index (χ2v) is 10.7. The number of rotatable bonds is 5. The lowest BCUT2D eigenvalue weighted by Gasteiger charge is -2.60. The first-order valence-electron chi connectivity index (χ1n) is 10.5. The summed E-state index contributed by atoms with van der Waals surface area (Å²) in [5, 5.41) is 6.60. The van der Waals surface area contributed by atoms with Crippen LogP contribution in [0, 0.1) is 17.3 Å². The number of benzene rings is 1. The van der Waals surface area contributed by atoms with Crippen LogP contribution < -0.4 is 5.32 Å². The summed E-state index contributed by atoms with van der Waals surface area (Å²) in [6, 6.07) is 7.60. The van der Waals surface area contributed by atoms with Gasteiger partial charge >= 0.3 is 5.97 Å². The highest BCUT2D eigenvalue weighted by Crippen LogP contribution is 2.62. The normalized spacial score (nSPS) is 31.5. The van der Waals surface area contributed by atoms with Crippen molar-refractivity contribution in [2.24, 2.45) is 17.3 Å². The highest BCUT2D eigenvalue weighted by atomic mass is 35.5. The van der Waals surface area contributed by atoms with Crippen molar-refractivity contribution in [3.63, 3.8) is 0 Å². The zero-order chi connectivity index (χ0) is 20.9. The van der Waals surface area contributed by atoms with E-state index >= 15 is 0 Å².